The van der Waals surface area contributed by atoms with Gasteiger partial charge in [-0.15, -0.1) is 0 Å². The Morgan fingerprint density at radius 1 is 1.43 bits per heavy atom. The highest BCUT2D eigenvalue weighted by Crippen LogP contribution is 2.21. The Hall–Kier alpha value is -1.28. The molecule has 0 saturated heterocycles. The van der Waals surface area contributed by atoms with Crippen LogP contribution < -0.4 is 10.9 Å². The molecule has 5 nitrogen and oxygen atoms in total. The summed E-state index contributed by atoms with van der Waals surface area (Å²) >= 11 is 5.91. The third-order valence-corrected chi connectivity index (χ3v) is 3.06. The summed E-state index contributed by atoms with van der Waals surface area (Å²) < 4.78 is 37.2. The first-order valence-electron chi connectivity index (χ1n) is 6.41. The van der Waals surface area contributed by atoms with E-state index in [9.17, 15) is 18.0 Å². The highest BCUT2D eigenvalue weighted by molar-refractivity contribution is 6.32. The van der Waals surface area contributed by atoms with Crippen LogP contribution in [0.3, 0.4) is 0 Å². The van der Waals surface area contributed by atoms with E-state index in [1.54, 1.807) is 0 Å². The molecule has 1 aromatic heterocycles. The highest BCUT2D eigenvalue weighted by atomic mass is 35.5. The maximum absolute atomic E-state index is 12.0. The molecular formula is C12H18ClF3N4O. The zero-order valence-corrected chi connectivity index (χ0v) is 12.6. The van der Waals surface area contributed by atoms with Crippen LogP contribution in [0.5, 0.6) is 0 Å². The van der Waals surface area contributed by atoms with E-state index in [0.29, 0.717) is 13.1 Å². The average molecular weight is 327 g/mol. The van der Waals surface area contributed by atoms with Crippen LogP contribution in [0.25, 0.3) is 0 Å². The Kier molecular flexibility index (Phi) is 6.47. The van der Waals surface area contributed by atoms with Crippen molar-refractivity contribution in [1.29, 1.82) is 0 Å². The van der Waals surface area contributed by atoms with Gasteiger partial charge in [0.2, 0.25) is 0 Å². The van der Waals surface area contributed by atoms with Crippen LogP contribution in [0, 0.1) is 0 Å². The predicted molar refractivity (Wildman–Crippen MR) is 75.8 cm³/mol. The first kappa shape index (κ1) is 17.8. The van der Waals surface area contributed by atoms with Gasteiger partial charge in [0.25, 0.3) is 5.56 Å². The zero-order chi connectivity index (χ0) is 16.0. The Balaban J connectivity index is 2.61. The van der Waals surface area contributed by atoms with Crippen molar-refractivity contribution in [3.8, 4) is 0 Å². The van der Waals surface area contributed by atoms with Gasteiger partial charge in [0.1, 0.15) is 5.02 Å². The van der Waals surface area contributed by atoms with Gasteiger partial charge in [-0.2, -0.15) is 18.3 Å². The molecule has 0 radical (unpaired) electrons. The number of nitrogens with one attached hydrogen (secondary N) is 1. The van der Waals surface area contributed by atoms with Crippen molar-refractivity contribution >= 4 is 17.3 Å². The summed E-state index contributed by atoms with van der Waals surface area (Å²) in [6, 6.07) is 0. The van der Waals surface area contributed by atoms with Gasteiger partial charge in [-0.05, 0) is 20.5 Å². The molecule has 0 spiro atoms. The molecule has 0 atom stereocenters. The van der Waals surface area contributed by atoms with E-state index < -0.39 is 18.2 Å². The van der Waals surface area contributed by atoms with Gasteiger partial charge in [0, 0.05) is 19.5 Å². The van der Waals surface area contributed by atoms with Gasteiger partial charge in [-0.3, -0.25) is 4.79 Å². The molecule has 1 N–H and O–H groups in total. The Morgan fingerprint density at radius 3 is 2.67 bits per heavy atom. The van der Waals surface area contributed by atoms with E-state index in [2.05, 4.69) is 10.4 Å². The first-order valence-corrected chi connectivity index (χ1v) is 6.79. The molecule has 1 aromatic rings. The zero-order valence-electron chi connectivity index (χ0n) is 11.9. The molecule has 0 aliphatic carbocycles. The van der Waals surface area contributed by atoms with Crippen LogP contribution in [0.1, 0.15) is 12.8 Å². The second-order valence-electron chi connectivity index (χ2n) is 4.85. The first-order chi connectivity index (χ1) is 9.70. The lowest BCUT2D eigenvalue weighted by molar-refractivity contribution is -0.134. The lowest BCUT2D eigenvalue weighted by Crippen LogP contribution is -2.29. The molecule has 1 rings (SSSR count). The Morgan fingerprint density at radius 2 is 2.10 bits per heavy atom. The lowest BCUT2D eigenvalue weighted by Gasteiger charge is -2.13. The Bertz CT molecular complexity index is 516. The monoisotopic (exact) mass is 326 g/mol. The second-order valence-corrected chi connectivity index (χ2v) is 5.23. The molecule has 1 heterocycles. The third kappa shape index (κ3) is 6.34. The maximum atomic E-state index is 12.0. The molecule has 0 saturated carbocycles. The smallest absolute Gasteiger partial charge is 0.382 e. The molecule has 0 aliphatic heterocycles. The van der Waals surface area contributed by atoms with E-state index in [1.165, 1.54) is 10.9 Å². The van der Waals surface area contributed by atoms with Crippen LogP contribution in [0.15, 0.2) is 11.0 Å². The summed E-state index contributed by atoms with van der Waals surface area (Å²) in [6.07, 6.45) is -3.80. The van der Waals surface area contributed by atoms with Crippen LogP contribution >= 0.6 is 11.6 Å². The summed E-state index contributed by atoms with van der Waals surface area (Å²) in [7, 11) is 3.73. The van der Waals surface area contributed by atoms with Gasteiger partial charge >= 0.3 is 6.18 Å². The number of alkyl halides is 3. The largest absolute Gasteiger partial charge is 0.389 e. The van der Waals surface area contributed by atoms with E-state index in [-0.39, 0.29) is 23.7 Å². The topological polar surface area (TPSA) is 50.2 Å². The second kappa shape index (κ2) is 7.65. The summed E-state index contributed by atoms with van der Waals surface area (Å²) in [4.78, 5) is 13.8. The minimum Gasteiger partial charge on any atom is -0.382 e. The van der Waals surface area contributed by atoms with Crippen molar-refractivity contribution < 1.29 is 13.2 Å². The maximum Gasteiger partial charge on any atom is 0.389 e. The Labute approximate surface area is 125 Å². The number of hydrogen-bond donors (Lipinski definition) is 1. The fraction of sp³-hybridized carbons (Fsp3) is 0.667. The van der Waals surface area contributed by atoms with Gasteiger partial charge < -0.3 is 10.2 Å². The molecule has 0 bridgehead atoms. The minimum atomic E-state index is -4.18. The van der Waals surface area contributed by atoms with Crippen molar-refractivity contribution in [3.63, 3.8) is 0 Å². The summed E-state index contributed by atoms with van der Waals surface area (Å²) in [6.45, 7) is 1.09. The highest BCUT2D eigenvalue weighted by Gasteiger charge is 2.25. The third-order valence-electron chi connectivity index (χ3n) is 2.70. The molecule has 0 aromatic carbocycles. The van der Waals surface area contributed by atoms with E-state index in [1.807, 2.05) is 19.0 Å². The van der Waals surface area contributed by atoms with Crippen molar-refractivity contribution in [3.05, 3.63) is 21.6 Å². The van der Waals surface area contributed by atoms with Gasteiger partial charge in [0.15, 0.2) is 0 Å². The van der Waals surface area contributed by atoms with Crippen LogP contribution in [-0.4, -0.2) is 48.0 Å². The summed E-state index contributed by atoms with van der Waals surface area (Å²) in [5, 5.41) is 6.59. The van der Waals surface area contributed by atoms with Crippen LogP contribution in [0.4, 0.5) is 18.9 Å². The standard InChI is InChI=1S/C12H18ClF3N4O/c1-19(2)6-7-20-11(21)10(13)9(8-18-20)17-5-3-4-12(14,15)16/h8,17H,3-7H2,1-2H3. The number of aromatic nitrogens is 2. The quantitative estimate of drug-likeness (QED) is 0.781. The molecule has 0 amide bonds. The number of nitrogens with zero attached hydrogens (tertiary/aromatic N) is 3. The molecule has 9 heteroatoms. The summed E-state index contributed by atoms with van der Waals surface area (Å²) in [5.41, 5.74) is -0.204. The van der Waals surface area contributed by atoms with Gasteiger partial charge in [-0.25, -0.2) is 4.68 Å². The number of anilines is 1. The van der Waals surface area contributed by atoms with Crippen molar-refractivity contribution in [2.45, 2.75) is 25.6 Å². The number of halogens is 4. The van der Waals surface area contributed by atoms with Crippen molar-refractivity contribution in [2.24, 2.45) is 0 Å². The van der Waals surface area contributed by atoms with Crippen LogP contribution in [-0.2, 0) is 6.54 Å². The van der Waals surface area contributed by atoms with Gasteiger partial charge in [0.05, 0.1) is 18.4 Å². The molecule has 0 unspecified atom stereocenters. The van der Waals surface area contributed by atoms with E-state index in [4.69, 9.17) is 11.6 Å². The number of rotatable bonds is 7. The molecular weight excluding hydrogens is 309 g/mol. The lowest BCUT2D eigenvalue weighted by atomic mass is 10.3. The SMILES string of the molecule is CN(C)CCn1ncc(NCCCC(F)(F)F)c(Cl)c1=O. The number of likely N-dealkylation sites (N-methyl/N-ethyl adjacent to an activating group) is 1. The normalized spacial score (nSPS) is 12.0. The van der Waals surface area contributed by atoms with E-state index >= 15 is 0 Å². The molecule has 0 fully saturated rings. The number of hydrogen-bond acceptors (Lipinski definition) is 4. The fourth-order valence-corrected chi connectivity index (χ4v) is 1.77. The summed E-state index contributed by atoms with van der Waals surface area (Å²) in [5.74, 6) is 0. The fourth-order valence-electron chi connectivity index (χ4n) is 1.55. The van der Waals surface area contributed by atoms with Crippen LogP contribution in [0.2, 0.25) is 5.02 Å². The van der Waals surface area contributed by atoms with Crippen molar-refractivity contribution in [2.75, 3.05) is 32.5 Å². The molecule has 120 valence electrons. The van der Waals surface area contributed by atoms with Crippen molar-refractivity contribution in [1.82, 2.24) is 14.7 Å². The average Bonchev–Trinajstić information content (AvgIpc) is 2.37. The molecule has 21 heavy (non-hydrogen) atoms. The minimum absolute atomic E-state index is 0.0595. The van der Waals surface area contributed by atoms with Gasteiger partial charge in [-0.1, -0.05) is 11.6 Å². The predicted octanol–water partition coefficient (Wildman–Crippen LogP) is 2.21. The van der Waals surface area contributed by atoms with E-state index in [0.717, 1.165) is 0 Å². The molecule has 0 aliphatic rings.